The molecular formula is C19H21N3O4S2. The van der Waals surface area contributed by atoms with E-state index in [1.807, 2.05) is 13.8 Å². The van der Waals surface area contributed by atoms with Gasteiger partial charge in [-0.3, -0.25) is 0 Å². The third-order valence-corrected chi connectivity index (χ3v) is 7.35. The zero-order valence-corrected chi connectivity index (χ0v) is 17.4. The Morgan fingerprint density at radius 1 is 1.11 bits per heavy atom. The van der Waals surface area contributed by atoms with Gasteiger partial charge in [-0.05, 0) is 48.4 Å². The molecule has 0 radical (unpaired) electrons. The molecule has 0 unspecified atom stereocenters. The number of nitrogens with one attached hydrogen (secondary N) is 2. The fourth-order valence-corrected chi connectivity index (χ4v) is 5.57. The molecule has 0 saturated heterocycles. The van der Waals surface area contributed by atoms with Crippen molar-refractivity contribution in [3.8, 4) is 5.75 Å². The maximum Gasteiger partial charge on any atom is 0.323 e. The van der Waals surface area contributed by atoms with Crippen LogP contribution in [-0.2, 0) is 9.84 Å². The van der Waals surface area contributed by atoms with Crippen LogP contribution in [-0.4, -0.2) is 32.3 Å². The Hall–Kier alpha value is -2.65. The molecule has 1 heterocycles. The van der Waals surface area contributed by atoms with Gasteiger partial charge in [0.1, 0.15) is 5.75 Å². The summed E-state index contributed by atoms with van der Waals surface area (Å²) in [5.74, 6) is 0.781. The number of carbonyl (C=O) groups is 1. The number of aromatic nitrogens is 1. The van der Waals surface area contributed by atoms with Gasteiger partial charge in [0.15, 0.2) is 0 Å². The van der Waals surface area contributed by atoms with E-state index in [0.717, 1.165) is 11.3 Å². The minimum absolute atomic E-state index is 0.0240. The average Bonchev–Trinajstić information content (AvgIpc) is 3.05. The molecule has 0 atom stereocenters. The maximum absolute atomic E-state index is 12.4. The molecule has 7 nitrogen and oxygen atoms in total. The molecule has 0 fully saturated rings. The van der Waals surface area contributed by atoms with Crippen LogP contribution in [0.1, 0.15) is 13.8 Å². The van der Waals surface area contributed by atoms with Crippen LogP contribution >= 0.6 is 11.3 Å². The molecule has 3 rings (SSSR count). The van der Waals surface area contributed by atoms with Crippen molar-refractivity contribution in [3.05, 3.63) is 42.5 Å². The number of anilines is 2. The predicted octanol–water partition coefficient (Wildman–Crippen LogP) is 4.38. The Balaban J connectivity index is 1.73. The first kappa shape index (κ1) is 20.1. The van der Waals surface area contributed by atoms with E-state index in [9.17, 15) is 13.2 Å². The molecule has 0 saturated carbocycles. The van der Waals surface area contributed by atoms with Gasteiger partial charge in [0.05, 0.1) is 23.1 Å². The normalized spacial score (nSPS) is 11.6. The van der Waals surface area contributed by atoms with E-state index in [0.29, 0.717) is 27.3 Å². The van der Waals surface area contributed by atoms with Crippen molar-refractivity contribution in [2.24, 2.45) is 5.92 Å². The van der Waals surface area contributed by atoms with Crippen LogP contribution in [0.5, 0.6) is 5.75 Å². The molecule has 0 aliphatic rings. The summed E-state index contributed by atoms with van der Waals surface area (Å²) in [7, 11) is -1.83. The summed E-state index contributed by atoms with van der Waals surface area (Å²) in [5.41, 5.74) is 1.77. The number of fused-ring (bicyclic) bond motifs is 1. The Morgan fingerprint density at radius 2 is 1.75 bits per heavy atom. The Labute approximate surface area is 167 Å². The van der Waals surface area contributed by atoms with Crippen LogP contribution in [0.2, 0.25) is 0 Å². The highest BCUT2D eigenvalue weighted by molar-refractivity contribution is 7.93. The standard InChI is InChI=1S/C19H21N3O4S2/c1-12(2)11-28(24,25)19-22-16-9-6-14(10-17(16)27-19)21-18(23)20-13-4-7-15(26-3)8-5-13/h4-10,12H,11H2,1-3H3,(H2,20,21,23). The Morgan fingerprint density at radius 3 is 2.39 bits per heavy atom. The maximum atomic E-state index is 12.4. The smallest absolute Gasteiger partial charge is 0.323 e. The number of sulfone groups is 1. The summed E-state index contributed by atoms with van der Waals surface area (Å²) in [6.45, 7) is 3.71. The molecule has 148 valence electrons. The van der Waals surface area contributed by atoms with Gasteiger partial charge in [0.2, 0.25) is 14.2 Å². The topological polar surface area (TPSA) is 97.4 Å². The lowest BCUT2D eigenvalue weighted by Crippen LogP contribution is -2.19. The highest BCUT2D eigenvalue weighted by Crippen LogP contribution is 2.29. The first-order valence-electron chi connectivity index (χ1n) is 8.62. The molecule has 0 bridgehead atoms. The molecule has 0 aliphatic carbocycles. The minimum Gasteiger partial charge on any atom is -0.497 e. The lowest BCUT2D eigenvalue weighted by Gasteiger charge is -2.08. The number of amides is 2. The SMILES string of the molecule is COc1ccc(NC(=O)Nc2ccc3nc(S(=O)(=O)CC(C)C)sc3c2)cc1. The third kappa shape index (κ3) is 4.79. The van der Waals surface area contributed by atoms with Gasteiger partial charge < -0.3 is 15.4 Å². The Kier molecular flexibility index (Phi) is 5.85. The number of nitrogens with zero attached hydrogens (tertiary/aromatic N) is 1. The number of benzene rings is 2. The van der Waals surface area contributed by atoms with Crippen LogP contribution in [0.3, 0.4) is 0 Å². The highest BCUT2D eigenvalue weighted by atomic mass is 32.2. The van der Waals surface area contributed by atoms with E-state index in [4.69, 9.17) is 4.74 Å². The largest absolute Gasteiger partial charge is 0.497 e. The fourth-order valence-electron chi connectivity index (χ4n) is 2.59. The third-order valence-electron chi connectivity index (χ3n) is 3.79. The number of carbonyl (C=O) groups excluding carboxylic acids is 1. The van der Waals surface area contributed by atoms with Gasteiger partial charge >= 0.3 is 6.03 Å². The Bertz CT molecular complexity index is 1090. The average molecular weight is 420 g/mol. The van der Waals surface area contributed by atoms with E-state index in [1.54, 1.807) is 49.6 Å². The summed E-state index contributed by atoms with van der Waals surface area (Å²) in [6, 6.07) is 11.7. The summed E-state index contributed by atoms with van der Waals surface area (Å²) in [5, 5.41) is 5.47. The number of thiazole rings is 1. The zero-order chi connectivity index (χ0) is 20.3. The van der Waals surface area contributed by atoms with Crippen LogP contribution < -0.4 is 15.4 Å². The number of methoxy groups -OCH3 is 1. The van der Waals surface area contributed by atoms with E-state index < -0.39 is 15.9 Å². The van der Waals surface area contributed by atoms with Crippen molar-refractivity contribution in [1.82, 2.24) is 4.98 Å². The minimum atomic E-state index is -3.41. The summed E-state index contributed by atoms with van der Waals surface area (Å²) in [6.07, 6.45) is 0. The van der Waals surface area contributed by atoms with E-state index >= 15 is 0 Å². The summed E-state index contributed by atoms with van der Waals surface area (Å²) >= 11 is 1.11. The van der Waals surface area contributed by atoms with Crippen LogP contribution in [0.4, 0.5) is 16.2 Å². The highest BCUT2D eigenvalue weighted by Gasteiger charge is 2.21. The van der Waals surface area contributed by atoms with Gasteiger partial charge in [-0.15, -0.1) is 11.3 Å². The van der Waals surface area contributed by atoms with E-state index in [1.165, 1.54) is 0 Å². The second-order valence-corrected chi connectivity index (χ2v) is 9.88. The number of ether oxygens (including phenoxy) is 1. The molecule has 1 aromatic heterocycles. The monoisotopic (exact) mass is 419 g/mol. The summed E-state index contributed by atoms with van der Waals surface area (Å²) in [4.78, 5) is 16.4. The molecule has 3 aromatic rings. The molecule has 2 aromatic carbocycles. The second-order valence-electron chi connectivity index (χ2n) is 6.65. The predicted molar refractivity (Wildman–Crippen MR) is 112 cm³/mol. The van der Waals surface area contributed by atoms with Gasteiger partial charge in [-0.2, -0.15) is 0 Å². The lowest BCUT2D eigenvalue weighted by atomic mass is 10.3. The van der Waals surface area contributed by atoms with Crippen LogP contribution in [0.15, 0.2) is 46.8 Å². The van der Waals surface area contributed by atoms with Crippen molar-refractivity contribution >= 4 is 48.8 Å². The van der Waals surface area contributed by atoms with Crippen molar-refractivity contribution in [2.45, 2.75) is 18.2 Å². The van der Waals surface area contributed by atoms with Crippen molar-refractivity contribution in [3.63, 3.8) is 0 Å². The zero-order valence-electron chi connectivity index (χ0n) is 15.7. The first-order chi connectivity index (χ1) is 13.3. The van der Waals surface area contributed by atoms with Gasteiger partial charge in [-0.1, -0.05) is 13.8 Å². The van der Waals surface area contributed by atoms with Crippen LogP contribution in [0.25, 0.3) is 10.2 Å². The van der Waals surface area contributed by atoms with Crippen molar-refractivity contribution in [1.29, 1.82) is 0 Å². The quantitative estimate of drug-likeness (QED) is 0.618. The number of rotatable bonds is 6. The van der Waals surface area contributed by atoms with Gasteiger partial charge in [0, 0.05) is 11.4 Å². The summed E-state index contributed by atoms with van der Waals surface area (Å²) < 4.78 is 30.7. The molecule has 0 spiro atoms. The fraction of sp³-hybridized carbons (Fsp3) is 0.263. The van der Waals surface area contributed by atoms with Gasteiger partial charge in [-0.25, -0.2) is 18.2 Å². The molecule has 2 amide bonds. The van der Waals surface area contributed by atoms with Crippen molar-refractivity contribution < 1.29 is 17.9 Å². The number of hydrogen-bond acceptors (Lipinski definition) is 6. The number of hydrogen-bond donors (Lipinski definition) is 2. The molecule has 2 N–H and O–H groups in total. The van der Waals surface area contributed by atoms with E-state index in [2.05, 4.69) is 15.6 Å². The second kappa shape index (κ2) is 8.15. The lowest BCUT2D eigenvalue weighted by molar-refractivity contribution is 0.262. The molecular weight excluding hydrogens is 398 g/mol. The van der Waals surface area contributed by atoms with E-state index in [-0.39, 0.29) is 16.0 Å². The number of urea groups is 1. The van der Waals surface area contributed by atoms with Crippen LogP contribution in [0, 0.1) is 5.92 Å². The molecule has 0 aliphatic heterocycles. The van der Waals surface area contributed by atoms with Crippen molar-refractivity contribution in [2.75, 3.05) is 23.5 Å². The first-order valence-corrected chi connectivity index (χ1v) is 11.1. The molecule has 9 heteroatoms. The molecule has 28 heavy (non-hydrogen) atoms. The van der Waals surface area contributed by atoms with Gasteiger partial charge in [0.25, 0.3) is 0 Å².